The van der Waals surface area contributed by atoms with Crippen molar-refractivity contribution < 1.29 is 0 Å². The van der Waals surface area contributed by atoms with E-state index >= 15 is 0 Å². The van der Waals surface area contributed by atoms with Gasteiger partial charge in [-0.25, -0.2) is 0 Å². The summed E-state index contributed by atoms with van der Waals surface area (Å²) in [5.41, 5.74) is 6.45. The van der Waals surface area contributed by atoms with Crippen LogP contribution in [0.25, 0.3) is 0 Å². The maximum absolute atomic E-state index is 6.12. The standard InChI is InChI=1S/C15H32N2/c1-4-9-14(3)12-17(5-2)15(13-16)10-7-6-8-11-15/h14H,4-13,16H2,1-3H3. The lowest BCUT2D eigenvalue weighted by molar-refractivity contribution is 0.0482. The molecule has 0 amide bonds. The van der Waals surface area contributed by atoms with Crippen molar-refractivity contribution in [1.82, 2.24) is 4.90 Å². The Morgan fingerprint density at radius 1 is 1.18 bits per heavy atom. The molecule has 1 saturated carbocycles. The van der Waals surface area contributed by atoms with Crippen LogP contribution in [-0.2, 0) is 0 Å². The lowest BCUT2D eigenvalue weighted by Crippen LogP contribution is -2.56. The first-order valence-corrected chi connectivity index (χ1v) is 7.63. The van der Waals surface area contributed by atoms with Crippen LogP contribution < -0.4 is 5.73 Å². The van der Waals surface area contributed by atoms with Gasteiger partial charge in [0.25, 0.3) is 0 Å². The summed E-state index contributed by atoms with van der Waals surface area (Å²) < 4.78 is 0. The lowest BCUT2D eigenvalue weighted by atomic mass is 9.79. The highest BCUT2D eigenvalue weighted by Gasteiger charge is 2.36. The van der Waals surface area contributed by atoms with E-state index in [0.29, 0.717) is 5.54 Å². The van der Waals surface area contributed by atoms with Crippen LogP contribution in [0.2, 0.25) is 0 Å². The van der Waals surface area contributed by atoms with Gasteiger partial charge in [0.1, 0.15) is 0 Å². The van der Waals surface area contributed by atoms with Gasteiger partial charge in [-0.1, -0.05) is 46.5 Å². The fourth-order valence-electron chi connectivity index (χ4n) is 3.48. The summed E-state index contributed by atoms with van der Waals surface area (Å²) in [6.07, 6.45) is 9.42. The van der Waals surface area contributed by atoms with Crippen LogP contribution in [0.15, 0.2) is 0 Å². The molecule has 0 aromatic carbocycles. The number of nitrogens with zero attached hydrogens (tertiary/aromatic N) is 1. The van der Waals surface area contributed by atoms with E-state index in [9.17, 15) is 0 Å². The van der Waals surface area contributed by atoms with E-state index < -0.39 is 0 Å². The van der Waals surface area contributed by atoms with Gasteiger partial charge in [-0.2, -0.15) is 0 Å². The first-order valence-electron chi connectivity index (χ1n) is 7.63. The summed E-state index contributed by atoms with van der Waals surface area (Å²) in [5, 5.41) is 0. The van der Waals surface area contributed by atoms with E-state index in [2.05, 4.69) is 25.7 Å². The molecular weight excluding hydrogens is 208 g/mol. The van der Waals surface area contributed by atoms with Crippen molar-refractivity contribution in [2.75, 3.05) is 19.6 Å². The molecule has 1 aliphatic rings. The first kappa shape index (κ1) is 15.0. The summed E-state index contributed by atoms with van der Waals surface area (Å²) in [7, 11) is 0. The second-order valence-corrected chi connectivity index (χ2v) is 5.92. The predicted molar refractivity (Wildman–Crippen MR) is 76.2 cm³/mol. The molecule has 1 atom stereocenters. The Balaban J connectivity index is 2.61. The van der Waals surface area contributed by atoms with Gasteiger partial charge in [-0.15, -0.1) is 0 Å². The van der Waals surface area contributed by atoms with E-state index in [-0.39, 0.29) is 0 Å². The van der Waals surface area contributed by atoms with E-state index in [1.165, 1.54) is 51.5 Å². The van der Waals surface area contributed by atoms with Crippen LogP contribution in [0.5, 0.6) is 0 Å². The van der Waals surface area contributed by atoms with Crippen LogP contribution in [0.3, 0.4) is 0 Å². The van der Waals surface area contributed by atoms with E-state index in [0.717, 1.165) is 19.0 Å². The summed E-state index contributed by atoms with van der Waals surface area (Å²) in [6, 6.07) is 0. The third kappa shape index (κ3) is 3.96. The molecular formula is C15H32N2. The minimum Gasteiger partial charge on any atom is -0.329 e. The summed E-state index contributed by atoms with van der Waals surface area (Å²) in [5.74, 6) is 0.810. The van der Waals surface area contributed by atoms with Crippen molar-refractivity contribution in [2.45, 2.75) is 71.3 Å². The fraction of sp³-hybridized carbons (Fsp3) is 1.00. The average Bonchev–Trinajstić information content (AvgIpc) is 2.37. The third-order valence-electron chi connectivity index (χ3n) is 4.53. The second kappa shape index (κ2) is 7.38. The van der Waals surface area contributed by atoms with Crippen molar-refractivity contribution in [3.05, 3.63) is 0 Å². The Kier molecular flexibility index (Phi) is 6.50. The molecule has 0 bridgehead atoms. The van der Waals surface area contributed by atoms with Crippen molar-refractivity contribution in [3.8, 4) is 0 Å². The Hall–Kier alpha value is -0.0800. The van der Waals surface area contributed by atoms with Crippen LogP contribution in [0.4, 0.5) is 0 Å². The van der Waals surface area contributed by atoms with E-state index in [1.807, 2.05) is 0 Å². The SMILES string of the molecule is CCCC(C)CN(CC)C1(CN)CCCCC1. The smallest absolute Gasteiger partial charge is 0.0331 e. The Bertz CT molecular complexity index is 197. The van der Waals surface area contributed by atoms with E-state index in [4.69, 9.17) is 5.73 Å². The molecule has 0 radical (unpaired) electrons. The first-order chi connectivity index (χ1) is 8.18. The predicted octanol–water partition coefficient (Wildman–Crippen LogP) is 3.41. The monoisotopic (exact) mass is 240 g/mol. The number of likely N-dealkylation sites (N-methyl/N-ethyl adjacent to an activating group) is 1. The van der Waals surface area contributed by atoms with Gasteiger partial charge in [0.15, 0.2) is 0 Å². The van der Waals surface area contributed by atoms with Crippen molar-refractivity contribution in [1.29, 1.82) is 0 Å². The van der Waals surface area contributed by atoms with Crippen LogP contribution in [0, 0.1) is 5.92 Å². The van der Waals surface area contributed by atoms with Crippen molar-refractivity contribution in [2.24, 2.45) is 11.7 Å². The Morgan fingerprint density at radius 2 is 1.82 bits per heavy atom. The lowest BCUT2D eigenvalue weighted by Gasteiger charge is -2.46. The highest BCUT2D eigenvalue weighted by atomic mass is 15.2. The molecule has 2 nitrogen and oxygen atoms in total. The van der Waals surface area contributed by atoms with Gasteiger partial charge in [0.2, 0.25) is 0 Å². The summed E-state index contributed by atoms with van der Waals surface area (Å²) in [4.78, 5) is 2.69. The summed E-state index contributed by atoms with van der Waals surface area (Å²) >= 11 is 0. The van der Waals surface area contributed by atoms with Crippen LogP contribution in [-0.4, -0.2) is 30.1 Å². The van der Waals surface area contributed by atoms with E-state index in [1.54, 1.807) is 0 Å². The normalized spacial score (nSPS) is 21.7. The molecule has 0 saturated heterocycles. The van der Waals surface area contributed by atoms with Gasteiger partial charge < -0.3 is 5.73 Å². The number of hydrogen-bond acceptors (Lipinski definition) is 2. The highest BCUT2D eigenvalue weighted by molar-refractivity contribution is 4.94. The molecule has 0 heterocycles. The molecule has 0 aliphatic heterocycles. The molecule has 1 fully saturated rings. The van der Waals surface area contributed by atoms with Crippen molar-refractivity contribution in [3.63, 3.8) is 0 Å². The molecule has 0 spiro atoms. The zero-order valence-corrected chi connectivity index (χ0v) is 12.2. The zero-order valence-electron chi connectivity index (χ0n) is 12.2. The Labute approximate surface area is 108 Å². The molecule has 1 rings (SSSR count). The van der Waals surface area contributed by atoms with Gasteiger partial charge in [0.05, 0.1) is 0 Å². The van der Waals surface area contributed by atoms with Crippen molar-refractivity contribution >= 4 is 0 Å². The maximum Gasteiger partial charge on any atom is 0.0331 e. The topological polar surface area (TPSA) is 29.3 Å². The maximum atomic E-state index is 6.12. The minimum absolute atomic E-state index is 0.328. The molecule has 1 unspecified atom stereocenters. The quantitative estimate of drug-likeness (QED) is 0.739. The largest absolute Gasteiger partial charge is 0.329 e. The third-order valence-corrected chi connectivity index (χ3v) is 4.53. The fourth-order valence-corrected chi connectivity index (χ4v) is 3.48. The van der Waals surface area contributed by atoms with Gasteiger partial charge >= 0.3 is 0 Å². The molecule has 2 heteroatoms. The van der Waals surface area contributed by atoms with Gasteiger partial charge in [-0.3, -0.25) is 4.90 Å². The van der Waals surface area contributed by atoms with Crippen LogP contribution in [0.1, 0.15) is 65.7 Å². The molecule has 17 heavy (non-hydrogen) atoms. The number of rotatable bonds is 7. The Morgan fingerprint density at radius 3 is 2.29 bits per heavy atom. The van der Waals surface area contributed by atoms with Gasteiger partial charge in [-0.05, 0) is 31.7 Å². The minimum atomic E-state index is 0.328. The summed E-state index contributed by atoms with van der Waals surface area (Å²) in [6.45, 7) is 10.2. The number of nitrogens with two attached hydrogens (primary N) is 1. The van der Waals surface area contributed by atoms with Gasteiger partial charge in [0, 0.05) is 18.6 Å². The molecule has 1 aliphatic carbocycles. The zero-order chi connectivity index (χ0) is 12.7. The number of hydrogen-bond donors (Lipinski definition) is 1. The molecule has 2 N–H and O–H groups in total. The molecule has 102 valence electrons. The highest BCUT2D eigenvalue weighted by Crippen LogP contribution is 2.33. The van der Waals surface area contributed by atoms with Crippen LogP contribution >= 0.6 is 0 Å². The molecule has 0 aromatic heterocycles. The molecule has 0 aromatic rings. The average molecular weight is 240 g/mol. The second-order valence-electron chi connectivity index (χ2n) is 5.92.